The van der Waals surface area contributed by atoms with Crippen LogP contribution in [0.25, 0.3) is 11.1 Å². The van der Waals surface area contributed by atoms with Crippen LogP contribution < -0.4 is 0 Å². The van der Waals surface area contributed by atoms with E-state index < -0.39 is 35.1 Å². The van der Waals surface area contributed by atoms with Crippen molar-refractivity contribution in [3.8, 4) is 11.1 Å². The Balaban J connectivity index is 1.26. The number of likely N-dealkylation sites (tertiary alicyclic amines) is 2. The molecule has 0 bridgehead atoms. The summed E-state index contributed by atoms with van der Waals surface area (Å²) >= 11 is 0. The number of nitrogens with zero attached hydrogens (tertiary/aromatic N) is 2. The van der Waals surface area contributed by atoms with Crippen molar-refractivity contribution in [1.82, 2.24) is 9.80 Å². The predicted molar refractivity (Wildman–Crippen MR) is 133 cm³/mol. The number of hydrogen-bond donors (Lipinski definition) is 1. The average Bonchev–Trinajstić information content (AvgIpc) is 3.38. The van der Waals surface area contributed by atoms with Crippen molar-refractivity contribution in [3.05, 3.63) is 59.7 Å². The van der Waals surface area contributed by atoms with E-state index in [1.165, 1.54) is 4.90 Å². The molecule has 5 rings (SSSR count). The van der Waals surface area contributed by atoms with Gasteiger partial charge in [0.15, 0.2) is 0 Å². The highest BCUT2D eigenvalue weighted by atomic mass is 16.6. The van der Waals surface area contributed by atoms with Gasteiger partial charge in [-0.15, -0.1) is 0 Å². The van der Waals surface area contributed by atoms with E-state index >= 15 is 0 Å². The van der Waals surface area contributed by atoms with Gasteiger partial charge in [-0.1, -0.05) is 48.5 Å². The molecular formula is C28H32N2O6. The lowest BCUT2D eigenvalue weighted by atomic mass is 9.72. The summed E-state index contributed by atoms with van der Waals surface area (Å²) in [6.45, 7) is 6.35. The highest BCUT2D eigenvalue weighted by molar-refractivity contribution is 5.80. The van der Waals surface area contributed by atoms with E-state index in [1.54, 1.807) is 25.7 Å². The molecule has 8 heteroatoms. The maximum atomic E-state index is 13.1. The molecule has 190 valence electrons. The Bertz CT molecular complexity index is 1160. The SMILES string of the molecule is CC(C)(C)OC(=O)N1CC2CN(C(=O)OCC3c4ccccc4-c4ccccc43)CCC2(C(=O)O)C1. The van der Waals surface area contributed by atoms with E-state index in [0.717, 1.165) is 22.3 Å². The maximum absolute atomic E-state index is 13.1. The van der Waals surface area contributed by atoms with E-state index in [9.17, 15) is 19.5 Å². The van der Waals surface area contributed by atoms with Crippen molar-refractivity contribution < 1.29 is 29.0 Å². The van der Waals surface area contributed by atoms with Crippen molar-refractivity contribution in [3.63, 3.8) is 0 Å². The highest BCUT2D eigenvalue weighted by Crippen LogP contribution is 2.46. The van der Waals surface area contributed by atoms with Crippen LogP contribution in [0.1, 0.15) is 44.2 Å². The molecule has 2 amide bonds. The molecule has 2 heterocycles. The van der Waals surface area contributed by atoms with Crippen LogP contribution in [-0.4, -0.2) is 71.4 Å². The van der Waals surface area contributed by atoms with Crippen LogP contribution in [0.15, 0.2) is 48.5 Å². The first-order chi connectivity index (χ1) is 17.1. The highest BCUT2D eigenvalue weighted by Gasteiger charge is 2.57. The molecule has 2 aromatic rings. The second-order valence-corrected chi connectivity index (χ2v) is 11.0. The molecule has 2 atom stereocenters. The number of rotatable bonds is 3. The third-order valence-electron chi connectivity index (χ3n) is 7.64. The Morgan fingerprint density at radius 1 is 0.944 bits per heavy atom. The van der Waals surface area contributed by atoms with Gasteiger partial charge in [-0.05, 0) is 49.4 Å². The fraction of sp³-hybridized carbons (Fsp3) is 0.464. The average molecular weight is 493 g/mol. The summed E-state index contributed by atoms with van der Waals surface area (Å²) in [5.74, 6) is -1.37. The van der Waals surface area contributed by atoms with E-state index in [1.807, 2.05) is 24.3 Å². The van der Waals surface area contributed by atoms with Crippen molar-refractivity contribution in [2.24, 2.45) is 11.3 Å². The van der Waals surface area contributed by atoms with Gasteiger partial charge in [-0.3, -0.25) is 4.79 Å². The fourth-order valence-electron chi connectivity index (χ4n) is 5.85. The Kier molecular flexibility index (Phi) is 5.93. The smallest absolute Gasteiger partial charge is 0.410 e. The number of carbonyl (C=O) groups excluding carboxylic acids is 2. The number of piperidine rings is 1. The Labute approximate surface area is 210 Å². The molecule has 2 fully saturated rings. The molecule has 0 aromatic heterocycles. The molecule has 0 saturated carbocycles. The summed E-state index contributed by atoms with van der Waals surface area (Å²) in [7, 11) is 0. The first-order valence-corrected chi connectivity index (χ1v) is 12.4. The van der Waals surface area contributed by atoms with Crippen LogP contribution in [0.3, 0.4) is 0 Å². The molecule has 3 aliphatic rings. The minimum atomic E-state index is -1.09. The van der Waals surface area contributed by atoms with E-state index in [0.29, 0.717) is 0 Å². The Morgan fingerprint density at radius 3 is 2.11 bits per heavy atom. The second kappa shape index (κ2) is 8.84. The minimum absolute atomic E-state index is 0.0432. The lowest BCUT2D eigenvalue weighted by molar-refractivity contribution is -0.153. The number of ether oxygens (including phenoxy) is 2. The molecule has 2 aromatic carbocycles. The standard InChI is InChI=1S/C28H32N2O6/c1-27(2,3)36-26(34)30-15-18-14-29(13-12-28(18,17-30)24(31)32)25(33)35-16-23-21-10-6-4-8-19(21)20-9-5-7-11-22(20)23/h4-11,18,23H,12-17H2,1-3H3,(H,31,32). The van der Waals surface area contributed by atoms with Crippen LogP contribution >= 0.6 is 0 Å². The first-order valence-electron chi connectivity index (χ1n) is 12.4. The third kappa shape index (κ3) is 4.18. The summed E-state index contributed by atoms with van der Waals surface area (Å²) in [6, 6.07) is 16.3. The van der Waals surface area contributed by atoms with Crippen LogP contribution in [0, 0.1) is 11.3 Å². The third-order valence-corrected chi connectivity index (χ3v) is 7.64. The van der Waals surface area contributed by atoms with Crippen LogP contribution in [0.4, 0.5) is 9.59 Å². The molecular weight excluding hydrogens is 460 g/mol. The monoisotopic (exact) mass is 492 g/mol. The van der Waals surface area contributed by atoms with E-state index in [-0.39, 0.29) is 45.1 Å². The zero-order valence-corrected chi connectivity index (χ0v) is 20.9. The molecule has 36 heavy (non-hydrogen) atoms. The molecule has 8 nitrogen and oxygen atoms in total. The number of hydrogen-bond acceptors (Lipinski definition) is 5. The minimum Gasteiger partial charge on any atom is -0.481 e. The zero-order valence-electron chi connectivity index (χ0n) is 20.9. The lowest BCUT2D eigenvalue weighted by Gasteiger charge is -2.39. The van der Waals surface area contributed by atoms with Gasteiger partial charge in [0.25, 0.3) is 0 Å². The van der Waals surface area contributed by atoms with Crippen LogP contribution in [0.2, 0.25) is 0 Å². The Hall–Kier alpha value is -3.55. The number of amides is 2. The summed E-state index contributed by atoms with van der Waals surface area (Å²) in [4.78, 5) is 41.1. The first kappa shape index (κ1) is 24.2. The molecule has 2 saturated heterocycles. The topological polar surface area (TPSA) is 96.4 Å². The predicted octanol–water partition coefficient (Wildman–Crippen LogP) is 4.58. The zero-order chi connectivity index (χ0) is 25.7. The van der Waals surface area contributed by atoms with Gasteiger partial charge in [0.05, 0.1) is 5.41 Å². The van der Waals surface area contributed by atoms with Gasteiger partial charge in [0.1, 0.15) is 12.2 Å². The summed E-state index contributed by atoms with van der Waals surface area (Å²) < 4.78 is 11.3. The summed E-state index contributed by atoms with van der Waals surface area (Å²) in [5.41, 5.74) is 2.83. The van der Waals surface area contributed by atoms with Crippen molar-refractivity contribution in [2.45, 2.75) is 38.7 Å². The molecule has 2 aliphatic heterocycles. The van der Waals surface area contributed by atoms with E-state index in [2.05, 4.69) is 24.3 Å². The molecule has 1 aliphatic carbocycles. The normalized spacial score (nSPS) is 23.0. The van der Waals surface area contributed by atoms with Crippen LogP contribution in [-0.2, 0) is 14.3 Å². The number of fused-ring (bicyclic) bond motifs is 4. The number of carboxylic acid groups (broad SMARTS) is 1. The fourth-order valence-corrected chi connectivity index (χ4v) is 5.85. The van der Waals surface area contributed by atoms with Crippen molar-refractivity contribution in [1.29, 1.82) is 0 Å². The largest absolute Gasteiger partial charge is 0.481 e. The van der Waals surface area contributed by atoms with Gasteiger partial charge in [-0.25, -0.2) is 9.59 Å². The van der Waals surface area contributed by atoms with E-state index in [4.69, 9.17) is 9.47 Å². The molecule has 1 N–H and O–H groups in total. The molecule has 0 radical (unpaired) electrons. The summed E-state index contributed by atoms with van der Waals surface area (Å²) in [6.07, 6.45) is -0.715. The maximum Gasteiger partial charge on any atom is 0.410 e. The van der Waals surface area contributed by atoms with Crippen molar-refractivity contribution in [2.75, 3.05) is 32.8 Å². The van der Waals surface area contributed by atoms with Crippen molar-refractivity contribution >= 4 is 18.2 Å². The molecule has 0 spiro atoms. The molecule has 2 unspecified atom stereocenters. The van der Waals surface area contributed by atoms with Gasteiger partial charge >= 0.3 is 18.2 Å². The Morgan fingerprint density at radius 2 is 1.53 bits per heavy atom. The second-order valence-electron chi connectivity index (χ2n) is 11.0. The van der Waals surface area contributed by atoms with Gasteiger partial charge in [0.2, 0.25) is 0 Å². The quantitative estimate of drug-likeness (QED) is 0.674. The van der Waals surface area contributed by atoms with Gasteiger partial charge in [0, 0.05) is 38.0 Å². The number of carboxylic acids is 1. The number of aliphatic carboxylic acids is 1. The lowest BCUT2D eigenvalue weighted by Crippen LogP contribution is -2.52. The van der Waals surface area contributed by atoms with Gasteiger partial charge < -0.3 is 24.4 Å². The number of benzene rings is 2. The van der Waals surface area contributed by atoms with Gasteiger partial charge in [-0.2, -0.15) is 0 Å². The number of carbonyl (C=O) groups is 3. The summed E-state index contributed by atoms with van der Waals surface area (Å²) in [5, 5.41) is 10.1. The van der Waals surface area contributed by atoms with Crippen LogP contribution in [0.5, 0.6) is 0 Å².